The Hall–Kier alpha value is -1.84. The predicted molar refractivity (Wildman–Crippen MR) is 61.0 cm³/mol. The third-order valence-electron chi connectivity index (χ3n) is 2.05. The van der Waals surface area contributed by atoms with E-state index in [1.165, 1.54) is 18.1 Å². The molecule has 2 aliphatic carbocycles. The van der Waals surface area contributed by atoms with Crippen LogP contribution >= 0.6 is 0 Å². The molecule has 2 aliphatic rings. The van der Waals surface area contributed by atoms with E-state index in [2.05, 4.69) is 29.6 Å². The summed E-state index contributed by atoms with van der Waals surface area (Å²) in [6.45, 7) is 1.85. The molecule has 0 saturated carbocycles. The number of carboxylic acid groups (broad SMARTS) is 1. The van der Waals surface area contributed by atoms with Crippen molar-refractivity contribution in [3.63, 3.8) is 0 Å². The van der Waals surface area contributed by atoms with E-state index in [0.717, 1.165) is 0 Å². The monoisotopic (exact) mass is 221 g/mol. The van der Waals surface area contributed by atoms with Gasteiger partial charge < -0.3 is 10.4 Å². The zero-order valence-electron chi connectivity index (χ0n) is 9.19. The Morgan fingerprint density at radius 1 is 1.31 bits per heavy atom. The van der Waals surface area contributed by atoms with Gasteiger partial charge in [-0.15, -0.1) is 0 Å². The number of benzene rings is 1. The number of amides is 1. The molecule has 0 atom stereocenters. The number of nitrogens with one attached hydrogen (secondary N) is 1. The Morgan fingerprint density at radius 3 is 2.25 bits per heavy atom. The van der Waals surface area contributed by atoms with Gasteiger partial charge in [-0.2, -0.15) is 0 Å². The topological polar surface area (TPSA) is 66.4 Å². The standard InChI is InChI=1S/C6H11NO3.C6H4/c1-5(8)7-4-2-3-6(9)10;1-2-5-4-6(5)3-1/h2-4H2,1H3,(H,7,8)(H,9,10);1-4H. The molecule has 1 amide bonds. The second kappa shape index (κ2) is 5.90. The van der Waals surface area contributed by atoms with Crippen LogP contribution in [0.1, 0.15) is 19.8 Å². The van der Waals surface area contributed by atoms with E-state index in [4.69, 9.17) is 5.11 Å². The van der Waals surface area contributed by atoms with E-state index in [-0.39, 0.29) is 12.3 Å². The maximum absolute atomic E-state index is 10.2. The zero-order valence-corrected chi connectivity index (χ0v) is 9.19. The van der Waals surface area contributed by atoms with Crippen molar-refractivity contribution in [2.45, 2.75) is 19.8 Å². The molecular formula is C12H15NO3. The molecule has 0 saturated heterocycles. The van der Waals surface area contributed by atoms with Gasteiger partial charge in [-0.05, 0) is 23.6 Å². The molecule has 4 nitrogen and oxygen atoms in total. The fourth-order valence-electron chi connectivity index (χ4n) is 1.18. The summed E-state index contributed by atoms with van der Waals surface area (Å²) in [5, 5.41) is 10.7. The first-order chi connectivity index (χ1) is 7.59. The van der Waals surface area contributed by atoms with E-state index < -0.39 is 5.97 Å². The number of carbonyl (C=O) groups is 2. The van der Waals surface area contributed by atoms with Crippen molar-refractivity contribution < 1.29 is 14.7 Å². The quantitative estimate of drug-likeness (QED) is 0.771. The first kappa shape index (κ1) is 12.2. The first-order valence-electron chi connectivity index (χ1n) is 5.16. The lowest BCUT2D eigenvalue weighted by Gasteiger charge is -1.97. The van der Waals surface area contributed by atoms with Crippen LogP contribution in [-0.4, -0.2) is 23.5 Å². The largest absolute Gasteiger partial charge is 0.481 e. The molecule has 16 heavy (non-hydrogen) atoms. The van der Waals surface area contributed by atoms with Gasteiger partial charge in [0.25, 0.3) is 0 Å². The molecule has 2 rings (SSSR count). The highest BCUT2D eigenvalue weighted by molar-refractivity contribution is 5.80. The summed E-state index contributed by atoms with van der Waals surface area (Å²) in [5.74, 6) is -0.948. The van der Waals surface area contributed by atoms with Crippen LogP contribution in [0.3, 0.4) is 0 Å². The number of fused-ring (bicyclic) bond motifs is 1. The smallest absolute Gasteiger partial charge is 0.303 e. The Bertz CT molecular complexity index is 354. The average molecular weight is 221 g/mol. The van der Waals surface area contributed by atoms with Crippen molar-refractivity contribution >= 4 is 11.9 Å². The van der Waals surface area contributed by atoms with Crippen molar-refractivity contribution in [1.82, 2.24) is 5.32 Å². The fraction of sp³-hybridized carbons (Fsp3) is 0.333. The van der Waals surface area contributed by atoms with Crippen LogP contribution in [0, 0.1) is 0 Å². The highest BCUT2D eigenvalue weighted by Gasteiger charge is 2.06. The van der Waals surface area contributed by atoms with Gasteiger partial charge in [-0.25, -0.2) is 0 Å². The van der Waals surface area contributed by atoms with Crippen LogP contribution in [0.15, 0.2) is 24.3 Å². The molecule has 0 spiro atoms. The highest BCUT2D eigenvalue weighted by atomic mass is 16.4. The number of carboxylic acids is 1. The van der Waals surface area contributed by atoms with Gasteiger partial charge in [0.2, 0.25) is 5.91 Å². The Kier molecular flexibility index (Phi) is 4.51. The molecule has 0 radical (unpaired) electrons. The van der Waals surface area contributed by atoms with Gasteiger partial charge in [-0.3, -0.25) is 9.59 Å². The minimum atomic E-state index is -0.828. The summed E-state index contributed by atoms with van der Waals surface area (Å²) in [4.78, 5) is 20.2. The lowest BCUT2D eigenvalue weighted by Crippen LogP contribution is -2.21. The lowest BCUT2D eigenvalue weighted by atomic mass is 10.3. The Morgan fingerprint density at radius 2 is 1.94 bits per heavy atom. The molecule has 86 valence electrons. The summed E-state index contributed by atoms with van der Waals surface area (Å²) in [6.07, 6.45) is 0.606. The van der Waals surface area contributed by atoms with Gasteiger partial charge in [0.15, 0.2) is 0 Å². The SMILES string of the molecule is CC(=O)NCCCC(=O)O.c1cc2cc-2c1. The van der Waals surface area contributed by atoms with Crippen molar-refractivity contribution in [3.05, 3.63) is 24.3 Å². The maximum Gasteiger partial charge on any atom is 0.303 e. The van der Waals surface area contributed by atoms with E-state index in [1.807, 2.05) is 0 Å². The second-order valence-electron chi connectivity index (χ2n) is 3.56. The van der Waals surface area contributed by atoms with Crippen molar-refractivity contribution in [2.75, 3.05) is 6.54 Å². The fourth-order valence-corrected chi connectivity index (χ4v) is 1.18. The van der Waals surface area contributed by atoms with E-state index in [1.54, 1.807) is 0 Å². The van der Waals surface area contributed by atoms with E-state index in [9.17, 15) is 9.59 Å². The van der Waals surface area contributed by atoms with Crippen LogP contribution in [0.4, 0.5) is 0 Å². The third kappa shape index (κ3) is 5.14. The van der Waals surface area contributed by atoms with Crippen LogP contribution in [0.2, 0.25) is 0 Å². The minimum absolute atomic E-state index is 0.111. The molecule has 0 heterocycles. The number of aliphatic carboxylic acids is 1. The average Bonchev–Trinajstić information content (AvgIpc) is 2.81. The number of carbonyl (C=O) groups excluding carboxylic acids is 1. The number of rotatable bonds is 4. The summed E-state index contributed by atoms with van der Waals surface area (Å²) in [5.41, 5.74) is 2.85. The zero-order chi connectivity index (χ0) is 12.0. The van der Waals surface area contributed by atoms with Crippen LogP contribution in [0.5, 0.6) is 0 Å². The summed E-state index contributed by atoms with van der Waals surface area (Å²) in [7, 11) is 0. The molecule has 0 unspecified atom stereocenters. The van der Waals surface area contributed by atoms with Crippen LogP contribution in [-0.2, 0) is 9.59 Å². The molecule has 0 aromatic rings. The Labute approximate surface area is 94.3 Å². The van der Waals surface area contributed by atoms with Crippen LogP contribution < -0.4 is 5.32 Å². The number of hydrogen-bond acceptors (Lipinski definition) is 2. The summed E-state index contributed by atoms with van der Waals surface area (Å²) >= 11 is 0. The maximum atomic E-state index is 10.2. The summed E-state index contributed by atoms with van der Waals surface area (Å²) < 4.78 is 0. The first-order valence-corrected chi connectivity index (χ1v) is 5.16. The highest BCUT2D eigenvalue weighted by Crippen LogP contribution is 2.32. The minimum Gasteiger partial charge on any atom is -0.481 e. The molecule has 0 bridgehead atoms. The summed E-state index contributed by atoms with van der Waals surface area (Å²) in [6, 6.07) is 8.48. The van der Waals surface area contributed by atoms with E-state index >= 15 is 0 Å². The van der Waals surface area contributed by atoms with Crippen molar-refractivity contribution in [1.29, 1.82) is 0 Å². The normalized spacial score (nSPS) is 9.81. The van der Waals surface area contributed by atoms with Gasteiger partial charge in [-0.1, -0.05) is 18.2 Å². The van der Waals surface area contributed by atoms with Gasteiger partial charge in [0.05, 0.1) is 0 Å². The molecule has 0 aromatic heterocycles. The predicted octanol–water partition coefficient (Wildman–Crippen LogP) is 1.65. The Balaban J connectivity index is 0.000000176. The molecule has 0 aromatic carbocycles. The van der Waals surface area contributed by atoms with Gasteiger partial charge in [0.1, 0.15) is 0 Å². The van der Waals surface area contributed by atoms with Crippen molar-refractivity contribution in [3.8, 4) is 11.1 Å². The number of hydrogen-bond donors (Lipinski definition) is 2. The lowest BCUT2D eigenvalue weighted by molar-refractivity contribution is -0.137. The molecular weight excluding hydrogens is 206 g/mol. The van der Waals surface area contributed by atoms with Gasteiger partial charge in [0, 0.05) is 19.9 Å². The second-order valence-corrected chi connectivity index (χ2v) is 3.56. The molecule has 4 heteroatoms. The van der Waals surface area contributed by atoms with Gasteiger partial charge >= 0.3 is 5.97 Å². The molecule has 0 aliphatic heterocycles. The molecule has 0 fully saturated rings. The van der Waals surface area contributed by atoms with Crippen LogP contribution in [0.25, 0.3) is 11.1 Å². The molecule has 2 N–H and O–H groups in total. The van der Waals surface area contributed by atoms with E-state index in [0.29, 0.717) is 13.0 Å². The van der Waals surface area contributed by atoms with Crippen molar-refractivity contribution in [2.24, 2.45) is 0 Å². The third-order valence-corrected chi connectivity index (χ3v) is 2.05.